The predicted octanol–water partition coefficient (Wildman–Crippen LogP) is 6.89. The third kappa shape index (κ3) is 3.64. The quantitative estimate of drug-likeness (QED) is 0.362. The lowest BCUT2D eigenvalue weighted by molar-refractivity contribution is 0.481. The third-order valence-corrected chi connectivity index (χ3v) is 6.50. The van der Waals surface area contributed by atoms with E-state index in [0.29, 0.717) is 12.3 Å². The van der Waals surface area contributed by atoms with Crippen LogP contribution in [0.2, 0.25) is 0 Å². The van der Waals surface area contributed by atoms with Gasteiger partial charge in [-0.25, -0.2) is 0 Å². The number of phenolic OH excluding ortho intramolecular Hbond substituents is 1. The van der Waals surface area contributed by atoms with Gasteiger partial charge in [-0.05, 0) is 70.2 Å². The molecule has 0 aromatic heterocycles. The van der Waals surface area contributed by atoms with Gasteiger partial charge in [0.25, 0.3) is 0 Å². The van der Waals surface area contributed by atoms with Gasteiger partial charge in [0.2, 0.25) is 0 Å². The second-order valence-electron chi connectivity index (χ2n) is 8.26. The molecule has 0 radical (unpaired) electrons. The molecule has 6 rings (SSSR count). The van der Waals surface area contributed by atoms with Crippen LogP contribution < -0.4 is 5.73 Å². The Balaban J connectivity index is 0.000000157. The van der Waals surface area contributed by atoms with E-state index >= 15 is 0 Å². The van der Waals surface area contributed by atoms with Crippen LogP contribution in [0.25, 0.3) is 27.1 Å². The summed E-state index contributed by atoms with van der Waals surface area (Å²) < 4.78 is 0. The van der Waals surface area contributed by atoms with Gasteiger partial charge in [0.1, 0.15) is 5.75 Å². The maximum atomic E-state index is 9.37. The molecule has 2 nitrogen and oxygen atoms in total. The number of allylic oxidation sites excluding steroid dienone is 4. The molecule has 0 atom stereocenters. The standard InChI is InChI=1S/C19H19N.C10H8O/c20-12-14-5-3-7-17-16(14)10-11-18-15-6-2-1-4-13(15)8-9-19(17)18;11-10-7-3-5-8-4-1-2-6-9(8)10/h2-3,5-7,10-11H,1,4,8-9,12,20H2;1-7,11H. The highest BCUT2D eigenvalue weighted by molar-refractivity contribution is 5.95. The second kappa shape index (κ2) is 8.41. The molecule has 3 N–H and O–H groups in total. The molecule has 0 bridgehead atoms. The lowest BCUT2D eigenvalue weighted by atomic mass is 9.79. The number of nitrogens with two attached hydrogens (primary N) is 1. The third-order valence-electron chi connectivity index (χ3n) is 6.50. The highest BCUT2D eigenvalue weighted by Gasteiger charge is 2.20. The van der Waals surface area contributed by atoms with Crippen LogP contribution >= 0.6 is 0 Å². The fourth-order valence-electron chi connectivity index (χ4n) is 4.92. The molecule has 4 aromatic carbocycles. The largest absolute Gasteiger partial charge is 0.507 e. The Morgan fingerprint density at radius 3 is 2.42 bits per heavy atom. The lowest BCUT2D eigenvalue weighted by Gasteiger charge is -2.25. The van der Waals surface area contributed by atoms with Crippen molar-refractivity contribution in [1.82, 2.24) is 0 Å². The molecule has 154 valence electrons. The van der Waals surface area contributed by atoms with Gasteiger partial charge in [-0.2, -0.15) is 0 Å². The predicted molar refractivity (Wildman–Crippen MR) is 131 cm³/mol. The van der Waals surface area contributed by atoms with Gasteiger partial charge < -0.3 is 10.8 Å². The maximum absolute atomic E-state index is 9.37. The van der Waals surface area contributed by atoms with E-state index in [1.54, 1.807) is 11.6 Å². The first kappa shape index (κ1) is 19.6. The minimum Gasteiger partial charge on any atom is -0.507 e. The molecule has 0 unspecified atom stereocenters. The number of hydrogen-bond acceptors (Lipinski definition) is 2. The van der Waals surface area contributed by atoms with Crippen molar-refractivity contribution in [3.63, 3.8) is 0 Å². The molecular weight excluding hydrogens is 378 g/mol. The van der Waals surface area contributed by atoms with Gasteiger partial charge in [0, 0.05) is 11.9 Å². The Bertz CT molecular complexity index is 1320. The van der Waals surface area contributed by atoms with Crippen molar-refractivity contribution in [2.75, 3.05) is 0 Å². The Morgan fingerprint density at radius 1 is 0.742 bits per heavy atom. The van der Waals surface area contributed by atoms with Crippen molar-refractivity contribution >= 4 is 27.1 Å². The molecule has 0 fully saturated rings. The minimum absolute atomic E-state index is 0.350. The van der Waals surface area contributed by atoms with Crippen LogP contribution in [0.3, 0.4) is 0 Å². The molecule has 0 heterocycles. The van der Waals surface area contributed by atoms with E-state index < -0.39 is 0 Å². The molecule has 0 aliphatic heterocycles. The summed E-state index contributed by atoms with van der Waals surface area (Å²) in [5.41, 5.74) is 13.2. The number of phenols is 1. The molecule has 0 saturated carbocycles. The monoisotopic (exact) mass is 405 g/mol. The lowest BCUT2D eigenvalue weighted by Crippen LogP contribution is -2.07. The zero-order valence-electron chi connectivity index (χ0n) is 17.6. The summed E-state index contributed by atoms with van der Waals surface area (Å²) in [4.78, 5) is 0. The SMILES string of the molecule is NCc1cccc2c3c(ccc12)C1=C(CCC=C1)CC3.Oc1cccc2ccccc12. The van der Waals surface area contributed by atoms with Gasteiger partial charge in [-0.1, -0.05) is 84.5 Å². The molecule has 31 heavy (non-hydrogen) atoms. The number of hydrogen-bond donors (Lipinski definition) is 2. The number of benzene rings is 4. The first-order valence-corrected chi connectivity index (χ1v) is 11.1. The smallest absolute Gasteiger partial charge is 0.123 e. The molecular formula is C29H27NO. The first-order valence-electron chi connectivity index (χ1n) is 11.1. The summed E-state index contributed by atoms with van der Waals surface area (Å²) in [5.74, 6) is 0.350. The first-order chi connectivity index (χ1) is 15.3. The summed E-state index contributed by atoms with van der Waals surface area (Å²) in [5, 5.41) is 14.1. The summed E-state index contributed by atoms with van der Waals surface area (Å²) in [6.07, 6.45) is 9.49. The van der Waals surface area contributed by atoms with E-state index in [4.69, 9.17) is 5.73 Å². The molecule has 0 spiro atoms. The van der Waals surface area contributed by atoms with Crippen LogP contribution in [0, 0.1) is 0 Å². The number of aromatic hydroxyl groups is 1. The van der Waals surface area contributed by atoms with Crippen molar-refractivity contribution in [2.24, 2.45) is 5.73 Å². The number of fused-ring (bicyclic) bond motifs is 5. The maximum Gasteiger partial charge on any atom is 0.123 e. The van der Waals surface area contributed by atoms with Crippen molar-refractivity contribution in [3.05, 3.63) is 107 Å². The average molecular weight is 406 g/mol. The van der Waals surface area contributed by atoms with E-state index in [-0.39, 0.29) is 0 Å². The van der Waals surface area contributed by atoms with Gasteiger partial charge >= 0.3 is 0 Å². The van der Waals surface area contributed by atoms with Crippen LogP contribution in [0.15, 0.2) is 90.5 Å². The van der Waals surface area contributed by atoms with E-state index in [1.165, 1.54) is 58.7 Å². The van der Waals surface area contributed by atoms with Crippen molar-refractivity contribution in [3.8, 4) is 5.75 Å². The molecule has 4 aromatic rings. The average Bonchev–Trinajstić information content (AvgIpc) is 2.84. The number of aryl methyl sites for hydroxylation is 1. The highest BCUT2D eigenvalue weighted by Crippen LogP contribution is 2.40. The van der Waals surface area contributed by atoms with E-state index in [1.807, 2.05) is 36.4 Å². The molecule has 2 aliphatic carbocycles. The summed E-state index contributed by atoms with van der Waals surface area (Å²) in [7, 11) is 0. The Hall–Kier alpha value is -3.36. The van der Waals surface area contributed by atoms with Crippen LogP contribution in [-0.4, -0.2) is 5.11 Å². The van der Waals surface area contributed by atoms with E-state index in [9.17, 15) is 5.11 Å². The van der Waals surface area contributed by atoms with Gasteiger partial charge in [-0.3, -0.25) is 0 Å². The molecule has 2 aliphatic rings. The van der Waals surface area contributed by atoms with Gasteiger partial charge in [0.15, 0.2) is 0 Å². The van der Waals surface area contributed by atoms with Gasteiger partial charge in [-0.15, -0.1) is 0 Å². The Labute approximate surface area is 183 Å². The fraction of sp³-hybridized carbons (Fsp3) is 0.172. The fourth-order valence-corrected chi connectivity index (χ4v) is 4.92. The zero-order valence-corrected chi connectivity index (χ0v) is 17.6. The van der Waals surface area contributed by atoms with E-state index in [2.05, 4.69) is 42.5 Å². The Kier molecular flexibility index (Phi) is 5.31. The normalized spacial score (nSPS) is 14.7. The number of rotatable bonds is 1. The van der Waals surface area contributed by atoms with Crippen LogP contribution in [0.1, 0.15) is 36.0 Å². The van der Waals surface area contributed by atoms with E-state index in [0.717, 1.165) is 10.8 Å². The van der Waals surface area contributed by atoms with Crippen molar-refractivity contribution in [2.45, 2.75) is 32.2 Å². The minimum atomic E-state index is 0.350. The van der Waals surface area contributed by atoms with Crippen molar-refractivity contribution < 1.29 is 5.11 Å². The summed E-state index contributed by atoms with van der Waals surface area (Å²) in [6, 6.07) is 24.4. The summed E-state index contributed by atoms with van der Waals surface area (Å²) in [6.45, 7) is 0.615. The molecule has 0 amide bonds. The zero-order chi connectivity index (χ0) is 21.2. The van der Waals surface area contributed by atoms with Crippen LogP contribution in [0.5, 0.6) is 5.75 Å². The Morgan fingerprint density at radius 2 is 1.55 bits per heavy atom. The highest BCUT2D eigenvalue weighted by atomic mass is 16.3. The topological polar surface area (TPSA) is 46.2 Å². The van der Waals surface area contributed by atoms with Crippen LogP contribution in [0.4, 0.5) is 0 Å². The molecule has 2 heteroatoms. The second-order valence-corrected chi connectivity index (χ2v) is 8.26. The molecule has 0 saturated heterocycles. The van der Waals surface area contributed by atoms with Crippen LogP contribution in [-0.2, 0) is 13.0 Å². The van der Waals surface area contributed by atoms with Gasteiger partial charge in [0.05, 0.1) is 0 Å². The van der Waals surface area contributed by atoms with Crippen molar-refractivity contribution in [1.29, 1.82) is 0 Å². The summed E-state index contributed by atoms with van der Waals surface area (Å²) >= 11 is 0.